The Hall–Kier alpha value is -0.610. The summed E-state index contributed by atoms with van der Waals surface area (Å²) in [5.74, 6) is 0.141. The molecule has 0 aromatic heterocycles. The summed E-state index contributed by atoms with van der Waals surface area (Å²) in [5.41, 5.74) is 0. The third kappa shape index (κ3) is 6.64. The molecular weight excluding hydrogens is 214 g/mol. The summed E-state index contributed by atoms with van der Waals surface area (Å²) in [6, 6.07) is 0.768. The summed E-state index contributed by atoms with van der Waals surface area (Å²) >= 11 is 0. The van der Waals surface area contributed by atoms with Gasteiger partial charge in [0.05, 0.1) is 6.54 Å². The van der Waals surface area contributed by atoms with Gasteiger partial charge in [0.15, 0.2) is 0 Å². The first-order valence-corrected chi connectivity index (χ1v) is 6.75. The number of nitrogens with one attached hydrogen (secondary N) is 2. The number of likely N-dealkylation sites (N-methyl/N-ethyl adjacent to an activating group) is 1. The summed E-state index contributed by atoms with van der Waals surface area (Å²) in [5, 5.41) is 6.36. The van der Waals surface area contributed by atoms with Crippen molar-refractivity contribution in [1.29, 1.82) is 0 Å². The number of carbonyl (C=O) groups excluding carboxylic acids is 1. The molecule has 2 N–H and O–H groups in total. The molecule has 0 heterocycles. The first-order valence-electron chi connectivity index (χ1n) is 6.75. The standard InChI is InChI=1S/C13H27N3O/c1-11(10-16(2)3)14-9-13(17)15-12-7-5-4-6-8-12/h11-12,14H,4-10H2,1-3H3,(H,15,17). The molecule has 1 aliphatic rings. The van der Waals surface area contributed by atoms with Crippen LogP contribution in [0.5, 0.6) is 0 Å². The van der Waals surface area contributed by atoms with Crippen molar-refractivity contribution in [3.63, 3.8) is 0 Å². The van der Waals surface area contributed by atoms with Crippen molar-refractivity contribution >= 4 is 5.91 Å². The zero-order chi connectivity index (χ0) is 12.7. The van der Waals surface area contributed by atoms with Gasteiger partial charge in [-0.15, -0.1) is 0 Å². The van der Waals surface area contributed by atoms with Crippen LogP contribution >= 0.6 is 0 Å². The number of amides is 1. The Bertz CT molecular complexity index is 225. The van der Waals surface area contributed by atoms with Crippen molar-refractivity contribution in [2.75, 3.05) is 27.2 Å². The molecule has 0 aromatic rings. The van der Waals surface area contributed by atoms with Crippen LogP contribution in [0, 0.1) is 0 Å². The summed E-state index contributed by atoms with van der Waals surface area (Å²) in [7, 11) is 4.08. The van der Waals surface area contributed by atoms with Crippen LogP contribution in [0.3, 0.4) is 0 Å². The van der Waals surface area contributed by atoms with Gasteiger partial charge < -0.3 is 15.5 Å². The summed E-state index contributed by atoms with van der Waals surface area (Å²) in [6.07, 6.45) is 6.15. The van der Waals surface area contributed by atoms with Crippen LogP contribution in [0.25, 0.3) is 0 Å². The smallest absolute Gasteiger partial charge is 0.234 e. The van der Waals surface area contributed by atoms with Crippen LogP contribution in [-0.4, -0.2) is 50.1 Å². The lowest BCUT2D eigenvalue weighted by molar-refractivity contribution is -0.121. The Morgan fingerprint density at radius 2 is 1.94 bits per heavy atom. The van der Waals surface area contributed by atoms with E-state index in [4.69, 9.17) is 0 Å². The predicted molar refractivity (Wildman–Crippen MR) is 71.0 cm³/mol. The van der Waals surface area contributed by atoms with E-state index in [-0.39, 0.29) is 5.91 Å². The fourth-order valence-corrected chi connectivity index (χ4v) is 2.40. The number of nitrogens with zero attached hydrogens (tertiary/aromatic N) is 1. The third-order valence-electron chi connectivity index (χ3n) is 3.22. The van der Waals surface area contributed by atoms with Gasteiger partial charge in [-0.25, -0.2) is 0 Å². The molecule has 17 heavy (non-hydrogen) atoms. The van der Waals surface area contributed by atoms with Crippen LogP contribution in [-0.2, 0) is 4.79 Å². The van der Waals surface area contributed by atoms with Crippen LogP contribution in [0.2, 0.25) is 0 Å². The highest BCUT2D eigenvalue weighted by molar-refractivity contribution is 5.78. The summed E-state index contributed by atoms with van der Waals surface area (Å²) < 4.78 is 0. The van der Waals surface area contributed by atoms with Gasteiger partial charge in [-0.05, 0) is 33.9 Å². The number of hydrogen-bond donors (Lipinski definition) is 2. The highest BCUT2D eigenvalue weighted by Crippen LogP contribution is 2.16. The molecule has 1 rings (SSSR count). The van der Waals surface area contributed by atoms with E-state index in [0.29, 0.717) is 18.6 Å². The normalized spacial score (nSPS) is 19.3. The molecule has 100 valence electrons. The molecule has 0 aliphatic heterocycles. The van der Waals surface area contributed by atoms with Gasteiger partial charge >= 0.3 is 0 Å². The Balaban J connectivity index is 2.11. The topological polar surface area (TPSA) is 44.4 Å². The molecule has 0 radical (unpaired) electrons. The maximum Gasteiger partial charge on any atom is 0.234 e. The minimum absolute atomic E-state index is 0.141. The lowest BCUT2D eigenvalue weighted by Gasteiger charge is -2.23. The quantitative estimate of drug-likeness (QED) is 0.728. The van der Waals surface area contributed by atoms with Crippen molar-refractivity contribution in [2.24, 2.45) is 0 Å². The first-order chi connectivity index (χ1) is 8.08. The van der Waals surface area contributed by atoms with Crippen molar-refractivity contribution in [3.8, 4) is 0 Å². The second-order valence-electron chi connectivity index (χ2n) is 5.45. The number of carbonyl (C=O) groups is 1. The largest absolute Gasteiger partial charge is 0.352 e. The van der Waals surface area contributed by atoms with Crippen LogP contribution in [0.1, 0.15) is 39.0 Å². The highest BCUT2D eigenvalue weighted by atomic mass is 16.1. The minimum Gasteiger partial charge on any atom is -0.352 e. The molecule has 1 saturated carbocycles. The lowest BCUT2D eigenvalue weighted by Crippen LogP contribution is -2.45. The van der Waals surface area contributed by atoms with Crippen LogP contribution < -0.4 is 10.6 Å². The molecule has 0 aromatic carbocycles. The zero-order valence-electron chi connectivity index (χ0n) is 11.5. The number of rotatable bonds is 6. The SMILES string of the molecule is CC(CN(C)C)NCC(=O)NC1CCCCC1. The fourth-order valence-electron chi connectivity index (χ4n) is 2.40. The molecule has 1 aliphatic carbocycles. The summed E-state index contributed by atoms with van der Waals surface area (Å²) in [6.45, 7) is 3.50. The van der Waals surface area contributed by atoms with Gasteiger partial charge in [0, 0.05) is 18.6 Å². The van der Waals surface area contributed by atoms with E-state index in [9.17, 15) is 4.79 Å². The predicted octanol–water partition coefficient (Wildman–Crippen LogP) is 0.975. The summed E-state index contributed by atoms with van der Waals surface area (Å²) in [4.78, 5) is 13.8. The Labute approximate surface area is 105 Å². The monoisotopic (exact) mass is 241 g/mol. The number of hydrogen-bond acceptors (Lipinski definition) is 3. The van der Waals surface area contributed by atoms with E-state index in [1.807, 2.05) is 14.1 Å². The molecule has 1 atom stereocenters. The molecule has 4 heteroatoms. The highest BCUT2D eigenvalue weighted by Gasteiger charge is 2.15. The van der Waals surface area contributed by atoms with E-state index in [2.05, 4.69) is 22.5 Å². The van der Waals surface area contributed by atoms with Gasteiger partial charge in [0.1, 0.15) is 0 Å². The Morgan fingerprint density at radius 1 is 1.29 bits per heavy atom. The van der Waals surface area contributed by atoms with Gasteiger partial charge in [-0.1, -0.05) is 19.3 Å². The van der Waals surface area contributed by atoms with E-state index >= 15 is 0 Å². The molecule has 0 bridgehead atoms. The van der Waals surface area contributed by atoms with Crippen molar-refractivity contribution in [2.45, 2.75) is 51.1 Å². The molecule has 4 nitrogen and oxygen atoms in total. The van der Waals surface area contributed by atoms with Crippen molar-refractivity contribution < 1.29 is 4.79 Å². The van der Waals surface area contributed by atoms with Crippen LogP contribution in [0.4, 0.5) is 0 Å². The van der Waals surface area contributed by atoms with Gasteiger partial charge in [-0.3, -0.25) is 4.79 Å². The van der Waals surface area contributed by atoms with E-state index in [1.165, 1.54) is 19.3 Å². The second kappa shape index (κ2) is 7.67. The average molecular weight is 241 g/mol. The van der Waals surface area contributed by atoms with Crippen molar-refractivity contribution in [3.05, 3.63) is 0 Å². The van der Waals surface area contributed by atoms with Crippen molar-refractivity contribution in [1.82, 2.24) is 15.5 Å². The van der Waals surface area contributed by atoms with Crippen LogP contribution in [0.15, 0.2) is 0 Å². The van der Waals surface area contributed by atoms with Gasteiger partial charge in [0.2, 0.25) is 5.91 Å². The molecular formula is C13H27N3O. The lowest BCUT2D eigenvalue weighted by atomic mass is 9.95. The average Bonchev–Trinajstić information content (AvgIpc) is 2.27. The van der Waals surface area contributed by atoms with E-state index < -0.39 is 0 Å². The molecule has 1 unspecified atom stereocenters. The zero-order valence-corrected chi connectivity index (χ0v) is 11.5. The molecule has 1 fully saturated rings. The third-order valence-corrected chi connectivity index (χ3v) is 3.22. The molecule has 0 saturated heterocycles. The maximum atomic E-state index is 11.7. The fraction of sp³-hybridized carbons (Fsp3) is 0.923. The van der Waals surface area contributed by atoms with Gasteiger partial charge in [-0.2, -0.15) is 0 Å². The minimum atomic E-state index is 0.141. The second-order valence-corrected chi connectivity index (χ2v) is 5.45. The van der Waals surface area contributed by atoms with E-state index in [0.717, 1.165) is 19.4 Å². The Kier molecular flexibility index (Phi) is 6.52. The first kappa shape index (κ1) is 14.5. The Morgan fingerprint density at radius 3 is 2.53 bits per heavy atom. The molecule has 1 amide bonds. The molecule has 0 spiro atoms. The maximum absolute atomic E-state index is 11.7. The van der Waals surface area contributed by atoms with Gasteiger partial charge in [0.25, 0.3) is 0 Å². The van der Waals surface area contributed by atoms with E-state index in [1.54, 1.807) is 0 Å².